The molecular weight excluding hydrogens is 348 g/mol. The second-order valence-corrected chi connectivity index (χ2v) is 8.01. The second kappa shape index (κ2) is 8.72. The number of carbonyl (C=O) groups excluding carboxylic acids is 1. The number of anilines is 1. The molecule has 0 spiro atoms. The van der Waals surface area contributed by atoms with Crippen LogP contribution in [0.5, 0.6) is 0 Å². The molecule has 2 heterocycles. The summed E-state index contributed by atoms with van der Waals surface area (Å²) in [5.74, 6) is 2.46. The van der Waals surface area contributed by atoms with Gasteiger partial charge in [-0.2, -0.15) is 0 Å². The number of carbonyl (C=O) groups is 1. The lowest BCUT2D eigenvalue weighted by molar-refractivity contribution is -0.131. The Morgan fingerprint density at radius 2 is 1.68 bits per heavy atom. The first-order chi connectivity index (χ1) is 13.4. The lowest BCUT2D eigenvalue weighted by Crippen LogP contribution is -2.49. The van der Waals surface area contributed by atoms with E-state index in [0.717, 1.165) is 49.9 Å². The molecular formula is C23H32N4O. The van der Waals surface area contributed by atoms with Gasteiger partial charge in [-0.25, -0.2) is 9.97 Å². The standard InChI is InChI=1S/C23H32N4O/c1-6-21(28)26-11-13-27(14-12-26)23-20(15-19-9-7-17(4)8-10-19)18(5)24-22(25-23)16(2)3/h7-10,16H,6,11-15H2,1-5H3. The lowest BCUT2D eigenvalue weighted by atomic mass is 10.0. The molecule has 0 N–H and O–H groups in total. The summed E-state index contributed by atoms with van der Waals surface area (Å²) in [5.41, 5.74) is 4.80. The third-order valence-corrected chi connectivity index (χ3v) is 5.46. The Balaban J connectivity index is 1.91. The molecule has 0 atom stereocenters. The highest BCUT2D eigenvalue weighted by Gasteiger charge is 2.24. The minimum Gasteiger partial charge on any atom is -0.353 e. The molecule has 5 heteroatoms. The molecule has 1 amide bonds. The quantitative estimate of drug-likeness (QED) is 0.790. The summed E-state index contributed by atoms with van der Waals surface area (Å²) in [7, 11) is 0. The molecule has 5 nitrogen and oxygen atoms in total. The first kappa shape index (κ1) is 20.3. The number of aryl methyl sites for hydroxylation is 2. The fourth-order valence-electron chi connectivity index (χ4n) is 3.63. The van der Waals surface area contributed by atoms with Gasteiger partial charge in [0.05, 0.1) is 0 Å². The van der Waals surface area contributed by atoms with E-state index in [1.54, 1.807) is 0 Å². The van der Waals surface area contributed by atoms with E-state index in [4.69, 9.17) is 9.97 Å². The summed E-state index contributed by atoms with van der Waals surface area (Å²) >= 11 is 0. The van der Waals surface area contributed by atoms with E-state index in [2.05, 4.69) is 56.9 Å². The van der Waals surface area contributed by atoms with Crippen molar-refractivity contribution >= 4 is 11.7 Å². The predicted molar refractivity (Wildman–Crippen MR) is 114 cm³/mol. The zero-order valence-corrected chi connectivity index (χ0v) is 17.8. The van der Waals surface area contributed by atoms with Gasteiger partial charge in [0.25, 0.3) is 0 Å². The van der Waals surface area contributed by atoms with Gasteiger partial charge in [0.2, 0.25) is 5.91 Å². The largest absolute Gasteiger partial charge is 0.353 e. The molecule has 0 radical (unpaired) electrons. The molecule has 1 aromatic heterocycles. The van der Waals surface area contributed by atoms with E-state index in [1.807, 2.05) is 11.8 Å². The van der Waals surface area contributed by atoms with Crippen molar-refractivity contribution in [2.24, 2.45) is 0 Å². The van der Waals surface area contributed by atoms with Gasteiger partial charge in [0, 0.05) is 56.2 Å². The second-order valence-electron chi connectivity index (χ2n) is 8.01. The molecule has 0 bridgehead atoms. The zero-order chi connectivity index (χ0) is 20.3. The smallest absolute Gasteiger partial charge is 0.222 e. The predicted octanol–water partition coefficient (Wildman–Crippen LogP) is 3.87. The molecule has 28 heavy (non-hydrogen) atoms. The summed E-state index contributed by atoms with van der Waals surface area (Å²) in [4.78, 5) is 26.1. The number of rotatable bonds is 5. The maximum Gasteiger partial charge on any atom is 0.222 e. The number of benzene rings is 1. The molecule has 2 aromatic rings. The number of aromatic nitrogens is 2. The van der Waals surface area contributed by atoms with Gasteiger partial charge in [-0.15, -0.1) is 0 Å². The Morgan fingerprint density at radius 1 is 1.04 bits per heavy atom. The van der Waals surface area contributed by atoms with E-state index >= 15 is 0 Å². The van der Waals surface area contributed by atoms with Crippen molar-refractivity contribution in [1.29, 1.82) is 0 Å². The van der Waals surface area contributed by atoms with Gasteiger partial charge in [0.1, 0.15) is 11.6 Å². The fourth-order valence-corrected chi connectivity index (χ4v) is 3.63. The van der Waals surface area contributed by atoms with Crippen LogP contribution in [0.15, 0.2) is 24.3 Å². The Kier molecular flexibility index (Phi) is 6.32. The van der Waals surface area contributed by atoms with Crippen LogP contribution in [-0.2, 0) is 11.2 Å². The third kappa shape index (κ3) is 4.51. The zero-order valence-electron chi connectivity index (χ0n) is 17.8. The van der Waals surface area contributed by atoms with Crippen LogP contribution in [0.3, 0.4) is 0 Å². The molecule has 150 valence electrons. The Morgan fingerprint density at radius 3 is 2.25 bits per heavy atom. The molecule has 1 aliphatic rings. The maximum atomic E-state index is 12.0. The number of amides is 1. The van der Waals surface area contributed by atoms with Crippen LogP contribution in [0.1, 0.15) is 61.3 Å². The molecule has 0 saturated carbocycles. The minimum atomic E-state index is 0.237. The van der Waals surface area contributed by atoms with Crippen LogP contribution >= 0.6 is 0 Å². The van der Waals surface area contributed by atoms with Crippen molar-refractivity contribution in [3.8, 4) is 0 Å². The Bertz CT molecular complexity index is 821. The van der Waals surface area contributed by atoms with E-state index < -0.39 is 0 Å². The van der Waals surface area contributed by atoms with Gasteiger partial charge in [-0.1, -0.05) is 50.6 Å². The average Bonchev–Trinajstić information content (AvgIpc) is 2.70. The SMILES string of the molecule is CCC(=O)N1CCN(c2nc(C(C)C)nc(C)c2Cc2ccc(C)cc2)CC1. The summed E-state index contributed by atoms with van der Waals surface area (Å²) in [6.45, 7) is 13.6. The average molecular weight is 381 g/mol. The lowest BCUT2D eigenvalue weighted by Gasteiger charge is -2.36. The Labute approximate surface area is 168 Å². The van der Waals surface area contributed by atoms with Crippen molar-refractivity contribution < 1.29 is 4.79 Å². The molecule has 1 fully saturated rings. The van der Waals surface area contributed by atoms with Crippen molar-refractivity contribution in [2.45, 2.75) is 53.4 Å². The van der Waals surface area contributed by atoms with Gasteiger partial charge in [-0.05, 0) is 19.4 Å². The highest BCUT2D eigenvalue weighted by molar-refractivity contribution is 5.76. The summed E-state index contributed by atoms with van der Waals surface area (Å²) in [6, 6.07) is 8.69. The number of piperazine rings is 1. The van der Waals surface area contributed by atoms with Crippen molar-refractivity contribution in [3.05, 3.63) is 52.5 Å². The van der Waals surface area contributed by atoms with Gasteiger partial charge in [-0.3, -0.25) is 4.79 Å². The summed E-state index contributed by atoms with van der Waals surface area (Å²) in [5, 5.41) is 0. The highest BCUT2D eigenvalue weighted by Crippen LogP contribution is 2.27. The normalized spacial score (nSPS) is 14.6. The van der Waals surface area contributed by atoms with Gasteiger partial charge in [0.15, 0.2) is 0 Å². The van der Waals surface area contributed by atoms with Crippen molar-refractivity contribution in [3.63, 3.8) is 0 Å². The monoisotopic (exact) mass is 380 g/mol. The van der Waals surface area contributed by atoms with Crippen LogP contribution < -0.4 is 4.90 Å². The summed E-state index contributed by atoms with van der Waals surface area (Å²) < 4.78 is 0. The molecule has 0 aliphatic carbocycles. The fraction of sp³-hybridized carbons (Fsp3) is 0.522. The van der Waals surface area contributed by atoms with Crippen LogP contribution in [0.2, 0.25) is 0 Å². The van der Waals surface area contributed by atoms with Crippen molar-refractivity contribution in [2.75, 3.05) is 31.1 Å². The third-order valence-electron chi connectivity index (χ3n) is 5.46. The van der Waals surface area contributed by atoms with Gasteiger partial charge < -0.3 is 9.80 Å². The first-order valence-corrected chi connectivity index (χ1v) is 10.3. The number of nitrogens with zero attached hydrogens (tertiary/aromatic N) is 4. The van der Waals surface area contributed by atoms with Crippen LogP contribution in [-0.4, -0.2) is 47.0 Å². The minimum absolute atomic E-state index is 0.237. The van der Waals surface area contributed by atoms with Gasteiger partial charge >= 0.3 is 0 Å². The first-order valence-electron chi connectivity index (χ1n) is 10.3. The highest BCUT2D eigenvalue weighted by atomic mass is 16.2. The van der Waals surface area contributed by atoms with Crippen LogP contribution in [0, 0.1) is 13.8 Å². The molecule has 3 rings (SSSR count). The van der Waals surface area contributed by atoms with E-state index in [9.17, 15) is 4.79 Å². The summed E-state index contributed by atoms with van der Waals surface area (Å²) in [6.07, 6.45) is 1.40. The molecule has 0 unspecified atom stereocenters. The topological polar surface area (TPSA) is 49.3 Å². The molecule has 1 saturated heterocycles. The van der Waals surface area contributed by atoms with E-state index in [-0.39, 0.29) is 11.8 Å². The molecule has 1 aliphatic heterocycles. The van der Waals surface area contributed by atoms with E-state index in [0.29, 0.717) is 6.42 Å². The van der Waals surface area contributed by atoms with Crippen LogP contribution in [0.25, 0.3) is 0 Å². The Hall–Kier alpha value is -2.43. The number of hydrogen-bond donors (Lipinski definition) is 0. The van der Waals surface area contributed by atoms with Crippen LogP contribution in [0.4, 0.5) is 5.82 Å². The van der Waals surface area contributed by atoms with E-state index in [1.165, 1.54) is 16.7 Å². The van der Waals surface area contributed by atoms with Crippen molar-refractivity contribution in [1.82, 2.24) is 14.9 Å². The molecule has 1 aromatic carbocycles. The maximum absolute atomic E-state index is 12.0. The number of hydrogen-bond acceptors (Lipinski definition) is 4.